The molecular weight excluding hydrogens is 765 g/mol. The zero-order valence-electron chi connectivity index (χ0n) is 40.1. The summed E-state index contributed by atoms with van der Waals surface area (Å²) < 4.78 is 17.3. The van der Waals surface area contributed by atoms with Gasteiger partial charge in [0.1, 0.15) is 6.61 Å². The molecule has 0 aromatic rings. The van der Waals surface area contributed by atoms with Gasteiger partial charge in [-0.05, 0) is 122 Å². The van der Waals surface area contributed by atoms with Crippen LogP contribution in [0, 0.1) is 0 Å². The predicted octanol–water partition coefficient (Wildman–Crippen LogP) is 17.0. The quantitative estimate of drug-likeness (QED) is 0.0347. The second-order valence-corrected chi connectivity index (χ2v) is 15.9. The SMILES string of the molecule is CC/C=C\C/C=C\C/C=C\C/C=C\CCCCCOCC(COC(=O)CCCCCCCCC/C=C\C/C=C\C/C=C\CC)OC(=O)CCCCC/C=C\C/C=C\C/C=C\CC. The first-order chi connectivity index (χ1) is 30.6. The van der Waals surface area contributed by atoms with Gasteiger partial charge in [-0.15, -0.1) is 0 Å². The van der Waals surface area contributed by atoms with Gasteiger partial charge in [-0.25, -0.2) is 0 Å². The van der Waals surface area contributed by atoms with Crippen LogP contribution in [0.5, 0.6) is 0 Å². The van der Waals surface area contributed by atoms with Crippen molar-refractivity contribution in [1.82, 2.24) is 0 Å². The third-order valence-electron chi connectivity index (χ3n) is 9.97. The van der Waals surface area contributed by atoms with Crippen LogP contribution in [0.2, 0.25) is 0 Å². The molecule has 0 heterocycles. The number of allylic oxidation sites excluding steroid dienone is 20. The van der Waals surface area contributed by atoms with Crippen molar-refractivity contribution in [2.24, 2.45) is 0 Å². The van der Waals surface area contributed by atoms with Gasteiger partial charge in [0.05, 0.1) is 6.61 Å². The number of hydrogen-bond acceptors (Lipinski definition) is 5. The monoisotopic (exact) mass is 857 g/mol. The minimum atomic E-state index is -0.580. The van der Waals surface area contributed by atoms with E-state index in [1.165, 1.54) is 25.7 Å². The van der Waals surface area contributed by atoms with E-state index in [0.717, 1.165) is 141 Å². The maximum Gasteiger partial charge on any atom is 0.306 e. The molecule has 0 fully saturated rings. The summed E-state index contributed by atoms with van der Waals surface area (Å²) in [5, 5.41) is 0. The lowest BCUT2D eigenvalue weighted by atomic mass is 10.1. The fourth-order valence-corrected chi connectivity index (χ4v) is 6.35. The number of carbonyl (C=O) groups is 2. The van der Waals surface area contributed by atoms with Crippen molar-refractivity contribution in [1.29, 1.82) is 0 Å². The molecule has 0 saturated heterocycles. The average molecular weight is 857 g/mol. The van der Waals surface area contributed by atoms with Gasteiger partial charge in [-0.2, -0.15) is 0 Å². The molecule has 0 N–H and O–H groups in total. The van der Waals surface area contributed by atoms with E-state index < -0.39 is 6.10 Å². The molecule has 0 amide bonds. The normalized spacial score (nSPS) is 13.3. The number of unbranched alkanes of at least 4 members (excludes halogenated alkanes) is 13. The third-order valence-corrected chi connectivity index (χ3v) is 9.97. The zero-order valence-corrected chi connectivity index (χ0v) is 40.1. The van der Waals surface area contributed by atoms with Crippen LogP contribution < -0.4 is 0 Å². The van der Waals surface area contributed by atoms with E-state index >= 15 is 0 Å². The first kappa shape index (κ1) is 58.3. The summed E-state index contributed by atoms with van der Waals surface area (Å²) in [6.45, 7) is 7.36. The number of hydrogen-bond donors (Lipinski definition) is 0. The molecule has 0 aromatic carbocycles. The summed E-state index contributed by atoms with van der Waals surface area (Å²) in [5.41, 5.74) is 0. The maximum atomic E-state index is 12.8. The molecule has 0 aliphatic rings. The van der Waals surface area contributed by atoms with Crippen LogP contribution in [-0.4, -0.2) is 37.9 Å². The van der Waals surface area contributed by atoms with E-state index in [0.29, 0.717) is 19.4 Å². The van der Waals surface area contributed by atoms with E-state index in [1.54, 1.807) is 0 Å². The second-order valence-electron chi connectivity index (χ2n) is 15.9. The number of rotatable bonds is 44. The molecule has 0 saturated carbocycles. The highest BCUT2D eigenvalue weighted by Crippen LogP contribution is 2.12. The highest BCUT2D eigenvalue weighted by atomic mass is 16.6. The molecule has 0 aliphatic heterocycles. The average Bonchev–Trinajstić information content (AvgIpc) is 3.27. The van der Waals surface area contributed by atoms with Crippen LogP contribution in [0.1, 0.15) is 201 Å². The molecule has 62 heavy (non-hydrogen) atoms. The Bertz CT molecular complexity index is 1290. The van der Waals surface area contributed by atoms with Crippen LogP contribution in [-0.2, 0) is 23.8 Å². The minimum absolute atomic E-state index is 0.0472. The van der Waals surface area contributed by atoms with Crippen LogP contribution in [0.25, 0.3) is 0 Å². The molecule has 0 rings (SSSR count). The van der Waals surface area contributed by atoms with Crippen molar-refractivity contribution in [3.8, 4) is 0 Å². The standard InChI is InChI=1S/C57H92O5/c1-4-7-10-13-16-19-22-25-27-29-30-33-35-38-41-44-47-50-56(58)61-54-55(62-57(59)51-48-45-42-39-36-32-24-21-18-15-12-9-6-3)53-60-52-49-46-43-40-37-34-31-28-26-23-20-17-14-11-8-5-2/h7-12,16-21,25-28,32,34,36-37,55H,4-6,13-15,22-24,29-31,33,35,38-54H2,1-3H3/b10-7-,11-8-,12-9-,19-16-,20-17-,21-18-,27-25-,28-26-,36-32-,37-34-. The van der Waals surface area contributed by atoms with Crippen molar-refractivity contribution in [2.45, 2.75) is 207 Å². The van der Waals surface area contributed by atoms with Gasteiger partial charge < -0.3 is 14.2 Å². The Morgan fingerprint density at radius 1 is 0.355 bits per heavy atom. The Morgan fingerprint density at radius 3 is 1.10 bits per heavy atom. The number of esters is 2. The molecule has 5 heteroatoms. The maximum absolute atomic E-state index is 12.8. The van der Waals surface area contributed by atoms with Gasteiger partial charge in [0.15, 0.2) is 6.10 Å². The van der Waals surface area contributed by atoms with E-state index in [9.17, 15) is 9.59 Å². The van der Waals surface area contributed by atoms with Crippen LogP contribution in [0.4, 0.5) is 0 Å². The summed E-state index contributed by atoms with van der Waals surface area (Å²) in [6.07, 6.45) is 72.1. The van der Waals surface area contributed by atoms with Crippen LogP contribution >= 0.6 is 0 Å². The summed E-state index contributed by atoms with van der Waals surface area (Å²) >= 11 is 0. The van der Waals surface area contributed by atoms with Gasteiger partial charge in [-0.3, -0.25) is 9.59 Å². The lowest BCUT2D eigenvalue weighted by Crippen LogP contribution is -2.30. The predicted molar refractivity (Wildman–Crippen MR) is 269 cm³/mol. The van der Waals surface area contributed by atoms with Crippen molar-refractivity contribution in [2.75, 3.05) is 19.8 Å². The van der Waals surface area contributed by atoms with E-state index in [4.69, 9.17) is 14.2 Å². The first-order valence-corrected chi connectivity index (χ1v) is 25.1. The Hall–Kier alpha value is -3.70. The molecule has 0 aliphatic carbocycles. The summed E-state index contributed by atoms with van der Waals surface area (Å²) in [6, 6.07) is 0. The van der Waals surface area contributed by atoms with Gasteiger partial charge in [0.25, 0.3) is 0 Å². The smallest absolute Gasteiger partial charge is 0.306 e. The van der Waals surface area contributed by atoms with Gasteiger partial charge in [-0.1, -0.05) is 187 Å². The van der Waals surface area contributed by atoms with E-state index in [1.807, 2.05) is 0 Å². The first-order valence-electron chi connectivity index (χ1n) is 25.1. The molecule has 0 bridgehead atoms. The van der Waals surface area contributed by atoms with Gasteiger partial charge in [0.2, 0.25) is 0 Å². The molecule has 5 nitrogen and oxygen atoms in total. The largest absolute Gasteiger partial charge is 0.462 e. The highest BCUT2D eigenvalue weighted by Gasteiger charge is 2.17. The van der Waals surface area contributed by atoms with Crippen molar-refractivity contribution in [3.63, 3.8) is 0 Å². The highest BCUT2D eigenvalue weighted by molar-refractivity contribution is 5.70. The molecule has 350 valence electrons. The Kier molecular flexibility index (Phi) is 48.6. The third kappa shape index (κ3) is 49.0. The Labute approximate surface area is 382 Å². The van der Waals surface area contributed by atoms with Crippen LogP contribution in [0.15, 0.2) is 122 Å². The fourth-order valence-electron chi connectivity index (χ4n) is 6.35. The summed E-state index contributed by atoms with van der Waals surface area (Å²) in [7, 11) is 0. The van der Waals surface area contributed by atoms with Gasteiger partial charge in [0, 0.05) is 19.4 Å². The second kappa shape index (κ2) is 51.6. The number of carbonyl (C=O) groups excluding carboxylic acids is 2. The molecule has 0 radical (unpaired) electrons. The van der Waals surface area contributed by atoms with Crippen LogP contribution in [0.3, 0.4) is 0 Å². The number of ether oxygens (including phenoxy) is 3. The van der Waals surface area contributed by atoms with Crippen molar-refractivity contribution in [3.05, 3.63) is 122 Å². The molecule has 0 aromatic heterocycles. The Balaban J connectivity index is 4.40. The molecule has 1 unspecified atom stereocenters. The molecular formula is C57H92O5. The lowest BCUT2D eigenvalue weighted by Gasteiger charge is -2.18. The Morgan fingerprint density at radius 2 is 0.677 bits per heavy atom. The fraction of sp³-hybridized carbons (Fsp3) is 0.614. The van der Waals surface area contributed by atoms with Crippen molar-refractivity contribution < 1.29 is 23.8 Å². The summed E-state index contributed by atoms with van der Waals surface area (Å²) in [5.74, 6) is -0.470. The van der Waals surface area contributed by atoms with Crippen molar-refractivity contribution >= 4 is 11.9 Å². The lowest BCUT2D eigenvalue weighted by molar-refractivity contribution is -0.163. The zero-order chi connectivity index (χ0) is 44.9. The summed E-state index contributed by atoms with van der Waals surface area (Å²) in [4.78, 5) is 25.4. The van der Waals surface area contributed by atoms with E-state index in [-0.39, 0.29) is 25.2 Å². The molecule has 0 spiro atoms. The van der Waals surface area contributed by atoms with E-state index in [2.05, 4.69) is 142 Å². The van der Waals surface area contributed by atoms with Gasteiger partial charge >= 0.3 is 11.9 Å². The molecule has 1 atom stereocenters. The minimum Gasteiger partial charge on any atom is -0.462 e. The topological polar surface area (TPSA) is 61.8 Å².